The fraction of sp³-hybridized carbons (Fsp3) is 0.350. The highest BCUT2D eigenvalue weighted by molar-refractivity contribution is 6.30. The number of aliphatic hydroxyl groups excluding tert-OH is 1. The van der Waals surface area contributed by atoms with Crippen molar-refractivity contribution in [2.24, 2.45) is 0 Å². The summed E-state index contributed by atoms with van der Waals surface area (Å²) in [5.41, 5.74) is 2.65. The highest BCUT2D eigenvalue weighted by Gasteiger charge is 2.25. The number of fused-ring (bicyclic) bond motifs is 1. The molecule has 0 bridgehead atoms. The van der Waals surface area contributed by atoms with Crippen LogP contribution >= 0.6 is 11.6 Å². The number of likely N-dealkylation sites (tertiary alicyclic amines) is 1. The minimum atomic E-state index is -0.555. The molecule has 136 valence electrons. The Balaban J connectivity index is 1.42. The van der Waals surface area contributed by atoms with Crippen molar-refractivity contribution in [2.75, 3.05) is 19.6 Å². The Kier molecular flexibility index (Phi) is 4.85. The van der Waals surface area contributed by atoms with Gasteiger partial charge in [-0.25, -0.2) is 4.79 Å². The molecule has 0 spiro atoms. The van der Waals surface area contributed by atoms with Gasteiger partial charge in [-0.3, -0.25) is 4.57 Å². The number of halogens is 1. The SMILES string of the molecule is O=c1[nH]c2ccccc2n1C1CCN(CC(O)c2cccc(Cl)c2)CC1. The zero-order valence-corrected chi connectivity index (χ0v) is 15.2. The van der Waals surface area contributed by atoms with Crippen LogP contribution in [0, 0.1) is 0 Å². The summed E-state index contributed by atoms with van der Waals surface area (Å²) in [5.74, 6) is 0. The summed E-state index contributed by atoms with van der Waals surface area (Å²) in [6, 6.07) is 15.4. The van der Waals surface area contributed by atoms with E-state index in [0.717, 1.165) is 42.5 Å². The van der Waals surface area contributed by atoms with Gasteiger partial charge < -0.3 is 15.0 Å². The van der Waals surface area contributed by atoms with E-state index in [4.69, 9.17) is 11.6 Å². The van der Waals surface area contributed by atoms with Gasteiger partial charge in [0.2, 0.25) is 0 Å². The minimum absolute atomic E-state index is 0.0383. The van der Waals surface area contributed by atoms with Gasteiger partial charge in [-0.15, -0.1) is 0 Å². The summed E-state index contributed by atoms with van der Waals surface area (Å²) in [7, 11) is 0. The second kappa shape index (κ2) is 7.27. The number of hydrogen-bond donors (Lipinski definition) is 2. The van der Waals surface area contributed by atoms with Gasteiger partial charge >= 0.3 is 5.69 Å². The summed E-state index contributed by atoms with van der Waals surface area (Å²) in [4.78, 5) is 17.5. The summed E-state index contributed by atoms with van der Waals surface area (Å²) < 4.78 is 1.89. The second-order valence-electron chi connectivity index (χ2n) is 6.92. The van der Waals surface area contributed by atoms with Crippen molar-refractivity contribution in [2.45, 2.75) is 25.0 Å². The van der Waals surface area contributed by atoms with Gasteiger partial charge in [-0.2, -0.15) is 0 Å². The third-order valence-corrected chi connectivity index (χ3v) is 5.45. The maximum absolute atomic E-state index is 12.4. The fourth-order valence-corrected chi connectivity index (χ4v) is 4.06. The summed E-state index contributed by atoms with van der Waals surface area (Å²) >= 11 is 6.01. The van der Waals surface area contributed by atoms with E-state index in [2.05, 4.69) is 9.88 Å². The van der Waals surface area contributed by atoms with E-state index >= 15 is 0 Å². The normalized spacial score (nSPS) is 17.6. The molecule has 6 heteroatoms. The van der Waals surface area contributed by atoms with Crippen LogP contribution in [0.4, 0.5) is 0 Å². The standard InChI is InChI=1S/C20H22ClN3O2/c21-15-5-3-4-14(12-15)19(25)13-23-10-8-16(9-11-23)24-18-7-2-1-6-17(18)22-20(24)26/h1-7,12,16,19,25H,8-11,13H2,(H,22,26). The lowest BCUT2D eigenvalue weighted by Crippen LogP contribution is -2.39. The van der Waals surface area contributed by atoms with Crippen LogP contribution < -0.4 is 5.69 Å². The molecule has 1 aliphatic heterocycles. The van der Waals surface area contributed by atoms with Crippen molar-refractivity contribution >= 4 is 22.6 Å². The molecule has 0 saturated carbocycles. The van der Waals surface area contributed by atoms with Crippen molar-refractivity contribution in [3.63, 3.8) is 0 Å². The number of hydrogen-bond acceptors (Lipinski definition) is 3. The molecular formula is C20H22ClN3O2. The average Bonchev–Trinajstić information content (AvgIpc) is 2.98. The van der Waals surface area contributed by atoms with Crippen molar-refractivity contribution in [1.82, 2.24) is 14.5 Å². The molecule has 0 amide bonds. The molecule has 1 aromatic heterocycles. The zero-order chi connectivity index (χ0) is 18.1. The summed E-state index contributed by atoms with van der Waals surface area (Å²) in [6.45, 7) is 2.29. The molecule has 0 aliphatic carbocycles. The van der Waals surface area contributed by atoms with E-state index in [1.165, 1.54) is 0 Å². The number of β-amino-alcohol motifs (C(OH)–C–C–N with tert-alkyl or cyclic N) is 1. The minimum Gasteiger partial charge on any atom is -0.387 e. The maximum atomic E-state index is 12.4. The highest BCUT2D eigenvalue weighted by atomic mass is 35.5. The lowest BCUT2D eigenvalue weighted by molar-refractivity contribution is 0.0907. The number of nitrogens with one attached hydrogen (secondary N) is 1. The smallest absolute Gasteiger partial charge is 0.326 e. The number of piperidine rings is 1. The molecule has 1 saturated heterocycles. The van der Waals surface area contributed by atoms with Gasteiger partial charge in [0, 0.05) is 30.7 Å². The molecule has 2 heterocycles. The van der Waals surface area contributed by atoms with Crippen molar-refractivity contribution in [3.8, 4) is 0 Å². The highest BCUT2D eigenvalue weighted by Crippen LogP contribution is 2.26. The Bertz CT molecular complexity index is 957. The zero-order valence-electron chi connectivity index (χ0n) is 14.4. The predicted octanol–water partition coefficient (Wildman–Crippen LogP) is 3.35. The van der Waals surface area contributed by atoms with Crippen molar-refractivity contribution < 1.29 is 5.11 Å². The number of H-pyrrole nitrogens is 1. The molecule has 2 N–H and O–H groups in total. The first-order valence-corrected chi connectivity index (χ1v) is 9.35. The van der Waals surface area contributed by atoms with E-state index in [9.17, 15) is 9.90 Å². The third-order valence-electron chi connectivity index (χ3n) is 5.21. The molecule has 4 rings (SSSR count). The topological polar surface area (TPSA) is 61.3 Å². The van der Waals surface area contributed by atoms with Gasteiger partial charge in [-0.1, -0.05) is 35.9 Å². The van der Waals surface area contributed by atoms with Crippen LogP contribution in [0.15, 0.2) is 53.3 Å². The molecule has 1 unspecified atom stereocenters. The van der Waals surface area contributed by atoms with Gasteiger partial charge in [-0.05, 0) is 42.7 Å². The lowest BCUT2D eigenvalue weighted by Gasteiger charge is -2.33. The van der Waals surface area contributed by atoms with Crippen LogP contribution in [0.2, 0.25) is 5.02 Å². The molecule has 0 radical (unpaired) electrons. The second-order valence-corrected chi connectivity index (χ2v) is 7.36. The number of para-hydroxylation sites is 2. The lowest BCUT2D eigenvalue weighted by atomic mass is 10.0. The van der Waals surface area contributed by atoms with E-state index in [1.54, 1.807) is 0 Å². The summed E-state index contributed by atoms with van der Waals surface area (Å²) in [6.07, 6.45) is 1.23. The first-order chi connectivity index (χ1) is 12.6. The number of imidazole rings is 1. The Morgan fingerprint density at radius 3 is 2.69 bits per heavy atom. The Morgan fingerprint density at radius 2 is 1.92 bits per heavy atom. The molecule has 1 fully saturated rings. The van der Waals surface area contributed by atoms with E-state index in [0.29, 0.717) is 11.6 Å². The molecule has 3 aromatic rings. The van der Waals surface area contributed by atoms with Gasteiger partial charge in [0.15, 0.2) is 0 Å². The van der Waals surface area contributed by atoms with Gasteiger partial charge in [0.25, 0.3) is 0 Å². The van der Waals surface area contributed by atoms with E-state index in [1.807, 2.05) is 53.1 Å². The number of aromatic amines is 1. The Hall–Kier alpha value is -2.08. The first-order valence-electron chi connectivity index (χ1n) is 8.97. The Labute approximate surface area is 156 Å². The maximum Gasteiger partial charge on any atom is 0.326 e. The summed E-state index contributed by atoms with van der Waals surface area (Å²) in [5, 5.41) is 11.1. The number of aromatic nitrogens is 2. The molecular weight excluding hydrogens is 350 g/mol. The number of rotatable bonds is 4. The van der Waals surface area contributed by atoms with Crippen LogP contribution in [0.25, 0.3) is 11.0 Å². The van der Waals surface area contributed by atoms with Crippen LogP contribution in [-0.2, 0) is 0 Å². The number of benzene rings is 2. The largest absolute Gasteiger partial charge is 0.387 e. The molecule has 26 heavy (non-hydrogen) atoms. The van der Waals surface area contributed by atoms with Crippen molar-refractivity contribution in [1.29, 1.82) is 0 Å². The van der Waals surface area contributed by atoms with Gasteiger partial charge in [0.1, 0.15) is 0 Å². The molecule has 2 aromatic carbocycles. The van der Waals surface area contributed by atoms with Crippen LogP contribution in [0.1, 0.15) is 30.6 Å². The molecule has 5 nitrogen and oxygen atoms in total. The van der Waals surface area contributed by atoms with Gasteiger partial charge in [0.05, 0.1) is 17.1 Å². The van der Waals surface area contributed by atoms with Crippen molar-refractivity contribution in [3.05, 3.63) is 69.6 Å². The molecule has 1 aliphatic rings. The number of nitrogens with zero attached hydrogens (tertiary/aromatic N) is 2. The van der Waals surface area contributed by atoms with Crippen LogP contribution in [0.5, 0.6) is 0 Å². The van der Waals surface area contributed by atoms with E-state index in [-0.39, 0.29) is 11.7 Å². The average molecular weight is 372 g/mol. The monoisotopic (exact) mass is 371 g/mol. The number of aliphatic hydroxyl groups is 1. The third kappa shape index (κ3) is 3.43. The van der Waals surface area contributed by atoms with Crippen LogP contribution in [-0.4, -0.2) is 39.2 Å². The predicted molar refractivity (Wildman–Crippen MR) is 104 cm³/mol. The quantitative estimate of drug-likeness (QED) is 0.739. The molecule has 1 atom stereocenters. The first kappa shape index (κ1) is 17.3. The van der Waals surface area contributed by atoms with E-state index < -0.39 is 6.10 Å². The van der Waals surface area contributed by atoms with Crippen LogP contribution in [0.3, 0.4) is 0 Å². The fourth-order valence-electron chi connectivity index (χ4n) is 3.86. The Morgan fingerprint density at radius 1 is 1.15 bits per heavy atom.